The van der Waals surface area contributed by atoms with Crippen molar-refractivity contribution in [3.05, 3.63) is 59.7 Å². The summed E-state index contributed by atoms with van der Waals surface area (Å²) in [6, 6.07) is 13.3. The smallest absolute Gasteiger partial charge is 0.258 e. The summed E-state index contributed by atoms with van der Waals surface area (Å²) in [4.78, 5) is 13.8. The number of carbonyl (C=O) groups excluding carboxylic acids is 1. The van der Waals surface area contributed by atoms with E-state index in [4.69, 9.17) is 0 Å². The first-order valence-electron chi connectivity index (χ1n) is 9.27. The summed E-state index contributed by atoms with van der Waals surface area (Å²) in [5.74, 6) is -0.374. The number of thioether (sulfide) groups is 1. The molecule has 0 saturated carbocycles. The number of amides is 1. The Labute approximate surface area is 177 Å². The number of sulfonamides is 1. The fourth-order valence-electron chi connectivity index (χ4n) is 2.59. The molecule has 0 unspecified atom stereocenters. The number of hydrogen-bond acceptors (Lipinski definition) is 5. The molecule has 0 heterocycles. The largest absolute Gasteiger partial charge is 0.271 e. The summed E-state index contributed by atoms with van der Waals surface area (Å²) in [6.07, 6.45) is 3.88. The van der Waals surface area contributed by atoms with Gasteiger partial charge in [0, 0.05) is 4.90 Å². The minimum atomic E-state index is -3.82. The van der Waals surface area contributed by atoms with Gasteiger partial charge in [-0.1, -0.05) is 43.7 Å². The maximum atomic E-state index is 12.7. The van der Waals surface area contributed by atoms with E-state index in [0.717, 1.165) is 16.0 Å². The summed E-state index contributed by atoms with van der Waals surface area (Å²) in [5.41, 5.74) is 4.24. The molecule has 2 N–H and O–H groups in total. The van der Waals surface area contributed by atoms with E-state index in [1.165, 1.54) is 18.3 Å². The van der Waals surface area contributed by atoms with Crippen LogP contribution in [-0.2, 0) is 14.8 Å². The lowest BCUT2D eigenvalue weighted by Crippen LogP contribution is -2.46. The van der Waals surface area contributed by atoms with Crippen LogP contribution in [0.2, 0.25) is 0 Å². The third-order valence-electron chi connectivity index (χ3n) is 4.16. The van der Waals surface area contributed by atoms with Crippen LogP contribution in [0.15, 0.2) is 63.4 Å². The van der Waals surface area contributed by atoms with E-state index in [2.05, 4.69) is 15.2 Å². The van der Waals surface area contributed by atoms with Crippen LogP contribution in [0.5, 0.6) is 0 Å². The van der Waals surface area contributed by atoms with E-state index in [9.17, 15) is 13.2 Å². The van der Waals surface area contributed by atoms with E-state index >= 15 is 0 Å². The first kappa shape index (κ1) is 23.1. The lowest BCUT2D eigenvalue weighted by molar-refractivity contribution is -0.123. The number of nitrogens with zero attached hydrogens (tertiary/aromatic N) is 1. The normalized spacial score (nSPS) is 13.0. The number of rotatable bonds is 9. The maximum Gasteiger partial charge on any atom is 0.258 e. The van der Waals surface area contributed by atoms with Gasteiger partial charge in [-0.25, -0.2) is 13.8 Å². The first-order valence-corrected chi connectivity index (χ1v) is 12.0. The zero-order valence-corrected chi connectivity index (χ0v) is 18.7. The lowest BCUT2D eigenvalue weighted by Gasteiger charge is -2.19. The van der Waals surface area contributed by atoms with Crippen molar-refractivity contribution >= 4 is 33.9 Å². The van der Waals surface area contributed by atoms with Crippen molar-refractivity contribution in [2.45, 2.75) is 43.0 Å². The average Bonchev–Trinajstić information content (AvgIpc) is 2.67. The fraction of sp³-hybridized carbons (Fsp3) is 0.333. The van der Waals surface area contributed by atoms with Crippen LogP contribution in [0.25, 0.3) is 0 Å². The SMILES string of the molecule is CSc1ccc(/C=N\NC(=O)[C@@H](CC(C)C)NS(=O)(=O)c2ccc(C)cc2)cc1. The molecule has 6 nitrogen and oxygen atoms in total. The lowest BCUT2D eigenvalue weighted by atomic mass is 10.0. The predicted molar refractivity (Wildman–Crippen MR) is 119 cm³/mol. The fourth-order valence-corrected chi connectivity index (χ4v) is 4.21. The molecule has 2 rings (SSSR count). The Balaban J connectivity index is 2.08. The minimum Gasteiger partial charge on any atom is -0.271 e. The predicted octanol–water partition coefficient (Wildman–Crippen LogP) is 3.56. The molecule has 0 aliphatic heterocycles. The summed E-state index contributed by atoms with van der Waals surface area (Å²) < 4.78 is 27.8. The number of benzene rings is 2. The number of hydrogen-bond donors (Lipinski definition) is 2. The van der Waals surface area contributed by atoms with Crippen molar-refractivity contribution in [1.29, 1.82) is 0 Å². The monoisotopic (exact) mass is 433 g/mol. The zero-order valence-electron chi connectivity index (χ0n) is 17.0. The molecule has 2 aromatic rings. The Kier molecular flexibility index (Phi) is 8.43. The van der Waals surface area contributed by atoms with Crippen LogP contribution in [0, 0.1) is 12.8 Å². The van der Waals surface area contributed by atoms with Gasteiger partial charge in [-0.2, -0.15) is 9.82 Å². The van der Waals surface area contributed by atoms with Crippen LogP contribution in [0.1, 0.15) is 31.4 Å². The van der Waals surface area contributed by atoms with Gasteiger partial charge in [0.2, 0.25) is 10.0 Å². The summed E-state index contributed by atoms with van der Waals surface area (Å²) in [5, 5.41) is 3.97. The molecular weight excluding hydrogens is 406 g/mol. The Morgan fingerprint density at radius 2 is 1.72 bits per heavy atom. The third-order valence-corrected chi connectivity index (χ3v) is 6.39. The minimum absolute atomic E-state index is 0.120. The van der Waals surface area contributed by atoms with Gasteiger partial charge >= 0.3 is 0 Å². The second kappa shape index (κ2) is 10.6. The van der Waals surface area contributed by atoms with Gasteiger partial charge in [0.1, 0.15) is 6.04 Å². The van der Waals surface area contributed by atoms with Crippen molar-refractivity contribution in [2.24, 2.45) is 11.0 Å². The molecule has 156 valence electrons. The Morgan fingerprint density at radius 3 is 2.28 bits per heavy atom. The van der Waals surface area contributed by atoms with Crippen molar-refractivity contribution in [2.75, 3.05) is 6.26 Å². The summed E-state index contributed by atoms with van der Waals surface area (Å²) in [6.45, 7) is 5.74. The van der Waals surface area contributed by atoms with Crippen molar-refractivity contribution < 1.29 is 13.2 Å². The van der Waals surface area contributed by atoms with E-state index in [0.29, 0.717) is 6.42 Å². The highest BCUT2D eigenvalue weighted by Crippen LogP contribution is 2.15. The van der Waals surface area contributed by atoms with Gasteiger partial charge in [0.05, 0.1) is 11.1 Å². The van der Waals surface area contributed by atoms with Gasteiger partial charge in [0.25, 0.3) is 5.91 Å². The molecule has 0 aliphatic rings. The Hall–Kier alpha value is -2.16. The quantitative estimate of drug-likeness (QED) is 0.360. The van der Waals surface area contributed by atoms with Crippen LogP contribution >= 0.6 is 11.8 Å². The Morgan fingerprint density at radius 1 is 1.10 bits per heavy atom. The van der Waals surface area contributed by atoms with Crippen LogP contribution in [0.3, 0.4) is 0 Å². The molecule has 0 aromatic heterocycles. The molecular formula is C21H27N3O3S2. The summed E-state index contributed by atoms with van der Waals surface area (Å²) >= 11 is 1.64. The number of nitrogens with one attached hydrogen (secondary N) is 2. The second-order valence-corrected chi connectivity index (χ2v) is 9.72. The maximum absolute atomic E-state index is 12.7. The van der Waals surface area contributed by atoms with Crippen molar-refractivity contribution in [3.63, 3.8) is 0 Å². The van der Waals surface area contributed by atoms with Crippen LogP contribution < -0.4 is 10.1 Å². The standard InChI is InChI=1S/C21H27N3O3S2/c1-15(2)13-20(24-29(26,27)19-11-5-16(3)6-12-19)21(25)23-22-14-17-7-9-18(28-4)10-8-17/h5-12,14-15,20,24H,13H2,1-4H3,(H,23,25)/b22-14-/t20-/m1/s1. The van der Waals surface area contributed by atoms with Crippen molar-refractivity contribution in [1.82, 2.24) is 10.1 Å². The Bertz CT molecular complexity index is 938. The van der Waals surface area contributed by atoms with E-state index in [1.807, 2.05) is 51.3 Å². The molecule has 0 bridgehead atoms. The van der Waals surface area contributed by atoms with Gasteiger partial charge in [-0.15, -0.1) is 11.8 Å². The zero-order chi connectivity index (χ0) is 21.4. The number of aryl methyl sites for hydroxylation is 1. The molecule has 0 radical (unpaired) electrons. The highest BCUT2D eigenvalue weighted by molar-refractivity contribution is 7.98. The highest BCUT2D eigenvalue weighted by atomic mass is 32.2. The third kappa shape index (κ3) is 7.30. The topological polar surface area (TPSA) is 87.6 Å². The van der Waals surface area contributed by atoms with E-state index < -0.39 is 22.0 Å². The molecule has 1 amide bonds. The first-order chi connectivity index (χ1) is 13.7. The van der Waals surface area contributed by atoms with E-state index in [1.54, 1.807) is 23.9 Å². The van der Waals surface area contributed by atoms with Gasteiger partial charge in [0.15, 0.2) is 0 Å². The van der Waals surface area contributed by atoms with Crippen molar-refractivity contribution in [3.8, 4) is 0 Å². The molecule has 0 spiro atoms. The van der Waals surface area contributed by atoms with Crippen LogP contribution in [0.4, 0.5) is 0 Å². The molecule has 0 aliphatic carbocycles. The van der Waals surface area contributed by atoms with E-state index in [-0.39, 0.29) is 10.8 Å². The van der Waals surface area contributed by atoms with Gasteiger partial charge in [-0.05, 0) is 55.3 Å². The number of carbonyl (C=O) groups is 1. The second-order valence-electron chi connectivity index (χ2n) is 7.12. The molecule has 0 fully saturated rings. The average molecular weight is 434 g/mol. The van der Waals surface area contributed by atoms with Gasteiger partial charge in [-0.3, -0.25) is 4.79 Å². The summed E-state index contributed by atoms with van der Waals surface area (Å²) in [7, 11) is -3.82. The molecule has 1 atom stereocenters. The van der Waals surface area contributed by atoms with Gasteiger partial charge < -0.3 is 0 Å². The highest BCUT2D eigenvalue weighted by Gasteiger charge is 2.26. The molecule has 0 saturated heterocycles. The van der Waals surface area contributed by atoms with Crippen LogP contribution in [-0.4, -0.2) is 32.8 Å². The number of hydrazone groups is 1. The molecule has 29 heavy (non-hydrogen) atoms. The molecule has 8 heteroatoms. The molecule has 2 aromatic carbocycles.